The van der Waals surface area contributed by atoms with Crippen LogP contribution in [-0.4, -0.2) is 27.1 Å². The van der Waals surface area contributed by atoms with Crippen LogP contribution in [0.3, 0.4) is 0 Å². The van der Waals surface area contributed by atoms with Crippen molar-refractivity contribution < 1.29 is 9.90 Å². The first kappa shape index (κ1) is 15.4. The normalized spacial score (nSPS) is 13.2. The number of carboxylic acids is 1. The Morgan fingerprint density at radius 3 is 2.72 bits per heavy atom. The number of nitrogens with zero attached hydrogens (tertiary/aromatic N) is 2. The maximum atomic E-state index is 10.9. The van der Waals surface area contributed by atoms with Crippen LogP contribution in [0.25, 0.3) is 0 Å². The van der Waals surface area contributed by atoms with Crippen LogP contribution < -0.4 is 5.32 Å². The zero-order valence-corrected chi connectivity index (χ0v) is 13.3. The van der Waals surface area contributed by atoms with Gasteiger partial charge in [-0.1, -0.05) is 20.8 Å². The lowest BCUT2D eigenvalue weighted by Gasteiger charge is -2.31. The molecule has 100 valence electrons. The van der Waals surface area contributed by atoms with E-state index in [1.807, 2.05) is 20.8 Å². The van der Waals surface area contributed by atoms with Crippen molar-refractivity contribution in [2.24, 2.45) is 5.41 Å². The number of carboxylic acid groups (broad SMARTS) is 1. The lowest BCUT2D eigenvalue weighted by Crippen LogP contribution is -2.36. The van der Waals surface area contributed by atoms with Crippen LogP contribution in [0.1, 0.15) is 27.2 Å². The summed E-state index contributed by atoms with van der Waals surface area (Å²) in [5, 5.41) is 12.2. The third kappa shape index (κ3) is 4.56. The molecule has 0 aliphatic heterocycles. The van der Waals surface area contributed by atoms with E-state index >= 15 is 0 Å². The number of rotatable bonds is 4. The first-order chi connectivity index (χ1) is 8.20. The van der Waals surface area contributed by atoms with Crippen molar-refractivity contribution in [3.63, 3.8) is 0 Å². The number of nitrogens with one attached hydrogen (secondary N) is 1. The van der Waals surface area contributed by atoms with E-state index in [4.69, 9.17) is 16.7 Å². The molecule has 7 heteroatoms. The number of carbonyl (C=O) groups is 1. The van der Waals surface area contributed by atoms with Crippen molar-refractivity contribution in [2.75, 3.05) is 5.32 Å². The van der Waals surface area contributed by atoms with Crippen LogP contribution in [-0.2, 0) is 4.79 Å². The van der Waals surface area contributed by atoms with Gasteiger partial charge in [-0.25, -0.2) is 4.98 Å². The molecule has 1 aromatic rings. The van der Waals surface area contributed by atoms with Gasteiger partial charge in [-0.2, -0.15) is 4.98 Å². The van der Waals surface area contributed by atoms with Gasteiger partial charge in [0.1, 0.15) is 5.82 Å². The second-order valence-electron chi connectivity index (χ2n) is 5.00. The van der Waals surface area contributed by atoms with Crippen molar-refractivity contribution >= 4 is 46.0 Å². The van der Waals surface area contributed by atoms with Crippen LogP contribution in [0.2, 0.25) is 5.28 Å². The molecule has 0 saturated carbocycles. The maximum Gasteiger partial charge on any atom is 0.305 e. The molecule has 0 radical (unpaired) electrons. The fraction of sp³-hybridized carbons (Fsp3) is 0.545. The second-order valence-corrected chi connectivity index (χ2v) is 6.50. The minimum atomic E-state index is -0.849. The van der Waals surface area contributed by atoms with Crippen LogP contribution in [0.4, 0.5) is 5.82 Å². The van der Waals surface area contributed by atoms with E-state index in [-0.39, 0.29) is 23.2 Å². The Balaban J connectivity index is 2.96. The van der Waals surface area contributed by atoms with Gasteiger partial charge in [-0.3, -0.25) is 4.79 Å². The molecule has 0 bridgehead atoms. The lowest BCUT2D eigenvalue weighted by atomic mass is 9.85. The number of aromatic nitrogens is 2. The summed E-state index contributed by atoms with van der Waals surface area (Å²) in [6.45, 7) is 5.93. The molecule has 0 fully saturated rings. The zero-order valence-electron chi connectivity index (χ0n) is 10.4. The molecular weight excluding hydrogens is 368 g/mol. The van der Waals surface area contributed by atoms with E-state index in [9.17, 15) is 4.79 Å². The van der Waals surface area contributed by atoms with Gasteiger partial charge in [0.25, 0.3) is 0 Å². The molecular formula is C11H15ClIN3O2. The molecule has 1 rings (SSSR count). The third-order valence-corrected chi connectivity index (χ3v) is 3.42. The highest BCUT2D eigenvalue weighted by Gasteiger charge is 2.27. The van der Waals surface area contributed by atoms with Gasteiger partial charge < -0.3 is 10.4 Å². The van der Waals surface area contributed by atoms with E-state index in [1.54, 1.807) is 6.20 Å². The third-order valence-electron chi connectivity index (χ3n) is 2.45. The smallest absolute Gasteiger partial charge is 0.305 e. The Morgan fingerprint density at radius 2 is 2.22 bits per heavy atom. The van der Waals surface area contributed by atoms with Crippen LogP contribution in [0.15, 0.2) is 6.20 Å². The SMILES string of the molecule is CC(C)(C)C(CC(=O)O)Nc1nc(Cl)ncc1I. The van der Waals surface area contributed by atoms with Crippen molar-refractivity contribution in [3.8, 4) is 0 Å². The fourth-order valence-corrected chi connectivity index (χ4v) is 1.91. The Morgan fingerprint density at radius 1 is 1.61 bits per heavy atom. The van der Waals surface area contributed by atoms with Crippen molar-refractivity contribution in [3.05, 3.63) is 15.1 Å². The van der Waals surface area contributed by atoms with Gasteiger partial charge in [0.05, 0.1) is 9.99 Å². The molecule has 0 aliphatic rings. The molecule has 0 aliphatic carbocycles. The number of hydrogen-bond acceptors (Lipinski definition) is 4. The molecule has 5 nitrogen and oxygen atoms in total. The number of hydrogen-bond donors (Lipinski definition) is 2. The molecule has 0 amide bonds. The van der Waals surface area contributed by atoms with Gasteiger partial charge in [-0.15, -0.1) is 0 Å². The summed E-state index contributed by atoms with van der Waals surface area (Å²) in [4.78, 5) is 18.8. The Kier molecular flexibility index (Phi) is 5.15. The molecule has 1 atom stereocenters. The van der Waals surface area contributed by atoms with Crippen LogP contribution >= 0.6 is 34.2 Å². The summed E-state index contributed by atoms with van der Waals surface area (Å²) in [6, 6.07) is -0.241. The average Bonchev–Trinajstić information content (AvgIpc) is 2.20. The summed E-state index contributed by atoms with van der Waals surface area (Å²) in [5.74, 6) is -0.283. The van der Waals surface area contributed by atoms with E-state index in [2.05, 4.69) is 37.9 Å². The molecule has 1 unspecified atom stereocenters. The van der Waals surface area contributed by atoms with E-state index in [1.165, 1.54) is 0 Å². The van der Waals surface area contributed by atoms with Gasteiger partial charge in [0.2, 0.25) is 5.28 Å². The summed E-state index contributed by atoms with van der Waals surface area (Å²) in [6.07, 6.45) is 1.61. The van der Waals surface area contributed by atoms with Gasteiger partial charge in [-0.05, 0) is 39.6 Å². The highest BCUT2D eigenvalue weighted by atomic mass is 127. The lowest BCUT2D eigenvalue weighted by molar-refractivity contribution is -0.137. The van der Waals surface area contributed by atoms with Gasteiger partial charge in [0, 0.05) is 12.2 Å². The molecule has 2 N–H and O–H groups in total. The molecule has 18 heavy (non-hydrogen) atoms. The first-order valence-electron chi connectivity index (χ1n) is 5.36. The maximum absolute atomic E-state index is 10.9. The number of anilines is 1. The molecule has 0 saturated heterocycles. The van der Waals surface area contributed by atoms with Crippen molar-refractivity contribution in [2.45, 2.75) is 33.2 Å². The van der Waals surface area contributed by atoms with Crippen LogP contribution in [0, 0.1) is 8.99 Å². The minimum Gasteiger partial charge on any atom is -0.481 e. The van der Waals surface area contributed by atoms with Gasteiger partial charge >= 0.3 is 5.97 Å². The molecule has 1 heterocycles. The quantitative estimate of drug-likeness (QED) is 0.617. The molecule has 0 spiro atoms. The number of aliphatic carboxylic acids is 1. The standard InChI is InChI=1S/C11H15ClIN3O2/c1-11(2,3)7(4-8(17)18)15-9-6(13)5-14-10(12)16-9/h5,7H,4H2,1-3H3,(H,17,18)(H,14,15,16). The Labute approximate surface area is 124 Å². The van der Waals surface area contributed by atoms with Gasteiger partial charge in [0.15, 0.2) is 0 Å². The van der Waals surface area contributed by atoms with E-state index in [0.29, 0.717) is 5.82 Å². The highest BCUT2D eigenvalue weighted by Crippen LogP contribution is 2.27. The molecule has 1 aromatic heterocycles. The van der Waals surface area contributed by atoms with E-state index < -0.39 is 5.97 Å². The average molecular weight is 384 g/mol. The Hall–Kier alpha value is -0.630. The predicted molar refractivity (Wildman–Crippen MR) is 78.9 cm³/mol. The highest BCUT2D eigenvalue weighted by molar-refractivity contribution is 14.1. The van der Waals surface area contributed by atoms with Crippen LogP contribution in [0.5, 0.6) is 0 Å². The largest absolute Gasteiger partial charge is 0.481 e. The summed E-state index contributed by atoms with van der Waals surface area (Å²) in [5.41, 5.74) is -0.209. The first-order valence-corrected chi connectivity index (χ1v) is 6.82. The summed E-state index contributed by atoms with van der Waals surface area (Å²) in [7, 11) is 0. The minimum absolute atomic E-state index is 0.0151. The Bertz CT molecular complexity index is 448. The molecule has 0 aromatic carbocycles. The van der Waals surface area contributed by atoms with Crippen molar-refractivity contribution in [1.82, 2.24) is 9.97 Å². The van der Waals surface area contributed by atoms with E-state index in [0.717, 1.165) is 3.57 Å². The zero-order chi connectivity index (χ0) is 13.9. The monoisotopic (exact) mass is 383 g/mol. The summed E-state index contributed by atoms with van der Waals surface area (Å²) < 4.78 is 0.802. The number of halogens is 2. The summed E-state index contributed by atoms with van der Waals surface area (Å²) >= 11 is 7.82. The second kappa shape index (κ2) is 6.01. The van der Waals surface area contributed by atoms with Crippen molar-refractivity contribution in [1.29, 1.82) is 0 Å². The topological polar surface area (TPSA) is 75.1 Å². The fourth-order valence-electron chi connectivity index (χ4n) is 1.36. The predicted octanol–water partition coefficient (Wildman–Crippen LogP) is 3.04.